The van der Waals surface area contributed by atoms with Crippen molar-refractivity contribution in [2.45, 2.75) is 39.0 Å². The molecule has 1 saturated heterocycles. The van der Waals surface area contributed by atoms with Gasteiger partial charge in [0, 0.05) is 19.8 Å². The fraction of sp³-hybridized carbons (Fsp3) is 0.600. The Kier molecular flexibility index (Phi) is 5.65. The van der Waals surface area contributed by atoms with E-state index in [2.05, 4.69) is 36.5 Å². The van der Waals surface area contributed by atoms with Crippen LogP contribution in [0.5, 0.6) is 0 Å². The van der Waals surface area contributed by atoms with E-state index >= 15 is 0 Å². The van der Waals surface area contributed by atoms with Crippen molar-refractivity contribution in [3.05, 3.63) is 35.4 Å². The van der Waals surface area contributed by atoms with Gasteiger partial charge in [0.25, 0.3) is 0 Å². The predicted octanol–water partition coefficient (Wildman–Crippen LogP) is 2.49. The average molecular weight is 249 g/mol. The summed E-state index contributed by atoms with van der Waals surface area (Å²) >= 11 is 0. The second-order valence-corrected chi connectivity index (χ2v) is 4.67. The monoisotopic (exact) mass is 249 g/mol. The topological polar surface area (TPSA) is 30.5 Å². The summed E-state index contributed by atoms with van der Waals surface area (Å²) in [6, 6.07) is 8.50. The molecule has 1 aliphatic rings. The molecular formula is C15H23NO2. The fourth-order valence-electron chi connectivity index (χ4n) is 2.18. The first-order chi connectivity index (χ1) is 8.90. The van der Waals surface area contributed by atoms with Gasteiger partial charge in [0.1, 0.15) is 0 Å². The number of benzene rings is 1. The Morgan fingerprint density at radius 1 is 1.22 bits per heavy atom. The first-order valence-electron chi connectivity index (χ1n) is 6.87. The molecule has 1 aliphatic heterocycles. The summed E-state index contributed by atoms with van der Waals surface area (Å²) < 4.78 is 11.3. The quantitative estimate of drug-likeness (QED) is 0.840. The van der Waals surface area contributed by atoms with Crippen LogP contribution in [0.25, 0.3) is 0 Å². The van der Waals surface area contributed by atoms with Gasteiger partial charge in [0.2, 0.25) is 0 Å². The van der Waals surface area contributed by atoms with Crippen LogP contribution in [-0.2, 0) is 22.6 Å². The maximum atomic E-state index is 5.98. The van der Waals surface area contributed by atoms with Crippen LogP contribution in [-0.4, -0.2) is 25.9 Å². The summed E-state index contributed by atoms with van der Waals surface area (Å²) in [4.78, 5) is 0. The van der Waals surface area contributed by atoms with Gasteiger partial charge in [-0.2, -0.15) is 0 Å². The molecule has 100 valence electrons. The van der Waals surface area contributed by atoms with Crippen molar-refractivity contribution < 1.29 is 9.47 Å². The smallest absolute Gasteiger partial charge is 0.0723 e. The second kappa shape index (κ2) is 7.52. The number of hydrogen-bond donors (Lipinski definition) is 1. The Labute approximate surface area is 109 Å². The minimum atomic E-state index is 0.367. The van der Waals surface area contributed by atoms with Crippen LogP contribution in [0.3, 0.4) is 0 Å². The highest BCUT2D eigenvalue weighted by molar-refractivity contribution is 5.26. The third kappa shape index (κ3) is 4.09. The predicted molar refractivity (Wildman–Crippen MR) is 72.5 cm³/mol. The molecule has 18 heavy (non-hydrogen) atoms. The highest BCUT2D eigenvalue weighted by Crippen LogP contribution is 2.15. The number of nitrogens with one attached hydrogen (secondary N) is 1. The van der Waals surface area contributed by atoms with Gasteiger partial charge in [0.15, 0.2) is 0 Å². The molecule has 1 aromatic rings. The molecule has 0 atom stereocenters. The first-order valence-corrected chi connectivity index (χ1v) is 6.87. The van der Waals surface area contributed by atoms with E-state index in [1.54, 1.807) is 0 Å². The van der Waals surface area contributed by atoms with Gasteiger partial charge >= 0.3 is 0 Å². The summed E-state index contributed by atoms with van der Waals surface area (Å²) in [7, 11) is 0. The molecule has 0 saturated carbocycles. The van der Waals surface area contributed by atoms with Crippen molar-refractivity contribution in [1.82, 2.24) is 5.32 Å². The maximum absolute atomic E-state index is 5.98. The summed E-state index contributed by atoms with van der Waals surface area (Å²) in [5.41, 5.74) is 2.64. The van der Waals surface area contributed by atoms with Gasteiger partial charge in [0.05, 0.1) is 12.7 Å². The van der Waals surface area contributed by atoms with E-state index < -0.39 is 0 Å². The normalized spacial score (nSPS) is 16.9. The van der Waals surface area contributed by atoms with Crippen LogP contribution in [0.1, 0.15) is 30.9 Å². The summed E-state index contributed by atoms with van der Waals surface area (Å²) in [6.07, 6.45) is 2.41. The zero-order chi connectivity index (χ0) is 12.6. The molecule has 0 spiro atoms. The molecule has 1 fully saturated rings. The molecule has 0 radical (unpaired) electrons. The Bertz CT molecular complexity index is 348. The number of ether oxygens (including phenoxy) is 2. The van der Waals surface area contributed by atoms with Gasteiger partial charge in [-0.25, -0.2) is 0 Å². The molecule has 0 aromatic heterocycles. The minimum Gasteiger partial charge on any atom is -0.381 e. The molecule has 0 bridgehead atoms. The van der Waals surface area contributed by atoms with E-state index in [0.717, 1.165) is 39.1 Å². The van der Waals surface area contributed by atoms with Crippen molar-refractivity contribution in [2.75, 3.05) is 19.8 Å². The zero-order valence-electron chi connectivity index (χ0n) is 11.2. The standard InChI is InChI=1S/C15H23NO2/c1-2-16-11-13-5-3-4-6-14(13)12-18-15-7-9-17-10-8-15/h3-6,15-16H,2,7-12H2,1H3. The lowest BCUT2D eigenvalue weighted by atomic mass is 10.1. The van der Waals surface area contributed by atoms with Crippen molar-refractivity contribution in [3.8, 4) is 0 Å². The molecular weight excluding hydrogens is 226 g/mol. The molecule has 1 N–H and O–H groups in total. The van der Waals surface area contributed by atoms with Crippen LogP contribution in [0, 0.1) is 0 Å². The first kappa shape index (κ1) is 13.5. The molecule has 1 aromatic carbocycles. The second-order valence-electron chi connectivity index (χ2n) is 4.67. The van der Waals surface area contributed by atoms with Gasteiger partial charge in [-0.3, -0.25) is 0 Å². The molecule has 0 amide bonds. The van der Waals surface area contributed by atoms with E-state index in [9.17, 15) is 0 Å². The number of rotatable bonds is 6. The maximum Gasteiger partial charge on any atom is 0.0723 e. The van der Waals surface area contributed by atoms with Gasteiger partial charge in [-0.1, -0.05) is 31.2 Å². The Morgan fingerprint density at radius 2 is 1.94 bits per heavy atom. The van der Waals surface area contributed by atoms with E-state index in [0.29, 0.717) is 12.7 Å². The van der Waals surface area contributed by atoms with Crippen LogP contribution in [0.2, 0.25) is 0 Å². The fourth-order valence-corrected chi connectivity index (χ4v) is 2.18. The lowest BCUT2D eigenvalue weighted by molar-refractivity contribution is -0.0392. The zero-order valence-corrected chi connectivity index (χ0v) is 11.2. The van der Waals surface area contributed by atoms with Crippen molar-refractivity contribution >= 4 is 0 Å². The Hall–Kier alpha value is -0.900. The highest BCUT2D eigenvalue weighted by Gasteiger charge is 2.14. The van der Waals surface area contributed by atoms with Crippen molar-refractivity contribution in [1.29, 1.82) is 0 Å². The third-order valence-corrected chi connectivity index (χ3v) is 3.33. The molecule has 0 unspecified atom stereocenters. The van der Waals surface area contributed by atoms with Crippen LogP contribution in [0.15, 0.2) is 24.3 Å². The van der Waals surface area contributed by atoms with E-state index in [4.69, 9.17) is 9.47 Å². The summed E-state index contributed by atoms with van der Waals surface area (Å²) in [6.45, 7) is 6.43. The molecule has 3 nitrogen and oxygen atoms in total. The average Bonchev–Trinajstić information content (AvgIpc) is 2.45. The SMILES string of the molecule is CCNCc1ccccc1COC1CCOCC1. The summed E-state index contributed by atoms with van der Waals surface area (Å²) in [5, 5.41) is 3.37. The molecule has 1 heterocycles. The molecule has 0 aliphatic carbocycles. The van der Waals surface area contributed by atoms with Gasteiger partial charge < -0.3 is 14.8 Å². The van der Waals surface area contributed by atoms with Crippen LogP contribution < -0.4 is 5.32 Å². The lowest BCUT2D eigenvalue weighted by Gasteiger charge is -2.23. The molecule has 3 heteroatoms. The Balaban J connectivity index is 1.87. The van der Waals surface area contributed by atoms with Crippen LogP contribution >= 0.6 is 0 Å². The van der Waals surface area contributed by atoms with E-state index in [-0.39, 0.29) is 0 Å². The molecule has 2 rings (SSSR count). The lowest BCUT2D eigenvalue weighted by Crippen LogP contribution is -2.23. The third-order valence-electron chi connectivity index (χ3n) is 3.33. The number of hydrogen-bond acceptors (Lipinski definition) is 3. The Morgan fingerprint density at radius 3 is 2.67 bits per heavy atom. The van der Waals surface area contributed by atoms with E-state index in [1.807, 2.05) is 0 Å². The summed E-state index contributed by atoms with van der Waals surface area (Å²) in [5.74, 6) is 0. The van der Waals surface area contributed by atoms with Crippen molar-refractivity contribution in [3.63, 3.8) is 0 Å². The largest absolute Gasteiger partial charge is 0.381 e. The van der Waals surface area contributed by atoms with Gasteiger partial charge in [-0.05, 0) is 30.5 Å². The van der Waals surface area contributed by atoms with E-state index in [1.165, 1.54) is 11.1 Å². The highest BCUT2D eigenvalue weighted by atomic mass is 16.5. The van der Waals surface area contributed by atoms with Crippen LogP contribution in [0.4, 0.5) is 0 Å². The minimum absolute atomic E-state index is 0.367. The van der Waals surface area contributed by atoms with Gasteiger partial charge in [-0.15, -0.1) is 0 Å². The van der Waals surface area contributed by atoms with Crippen molar-refractivity contribution in [2.24, 2.45) is 0 Å².